The van der Waals surface area contributed by atoms with Crippen LogP contribution in [0.15, 0.2) is 18.2 Å². The number of hydrogen-bond acceptors (Lipinski definition) is 5. The number of nitrogens with one attached hydrogen (secondary N) is 2. The van der Waals surface area contributed by atoms with Gasteiger partial charge in [-0.25, -0.2) is 0 Å². The molecule has 0 saturated carbocycles. The standard InChI is InChI=1S/C20H28N4O3/c1-12(2)20(3,11-21)22-9-13-4-5-14-10-24(19(27)15(14)8-13)16-6-7-17(25)23-18(16)26/h4-5,8,12,16,22H,6-7,9-11,21H2,1-3H3,(H,23,25,26). The first-order valence-electron chi connectivity index (χ1n) is 9.46. The molecule has 0 bridgehead atoms. The van der Waals surface area contributed by atoms with Gasteiger partial charge in [-0.15, -0.1) is 0 Å². The Morgan fingerprint density at radius 2 is 2.07 bits per heavy atom. The van der Waals surface area contributed by atoms with Crippen molar-refractivity contribution >= 4 is 17.7 Å². The Hall–Kier alpha value is -2.25. The van der Waals surface area contributed by atoms with Crippen LogP contribution in [0.1, 0.15) is 55.1 Å². The van der Waals surface area contributed by atoms with Gasteiger partial charge in [0.25, 0.3) is 5.91 Å². The number of carbonyl (C=O) groups is 3. The van der Waals surface area contributed by atoms with E-state index in [0.717, 1.165) is 11.1 Å². The van der Waals surface area contributed by atoms with Crippen LogP contribution >= 0.6 is 0 Å². The van der Waals surface area contributed by atoms with Gasteiger partial charge in [-0.2, -0.15) is 0 Å². The lowest BCUT2D eigenvalue weighted by Crippen LogP contribution is -2.52. The largest absolute Gasteiger partial charge is 0.329 e. The number of benzene rings is 1. The summed E-state index contributed by atoms with van der Waals surface area (Å²) in [5, 5.41) is 5.83. The maximum Gasteiger partial charge on any atom is 0.255 e. The molecule has 0 aliphatic carbocycles. The van der Waals surface area contributed by atoms with Crippen molar-refractivity contribution in [2.45, 2.75) is 58.3 Å². The SMILES string of the molecule is CC(C)C(C)(CN)NCc1ccc2c(c1)C(=O)N(C1CCC(=O)NC1=O)C2. The van der Waals surface area contributed by atoms with Gasteiger partial charge in [0.2, 0.25) is 11.8 Å². The number of piperidine rings is 1. The monoisotopic (exact) mass is 372 g/mol. The van der Waals surface area contributed by atoms with Crippen molar-refractivity contribution in [1.29, 1.82) is 0 Å². The normalized spacial score (nSPS) is 22.0. The summed E-state index contributed by atoms with van der Waals surface area (Å²) in [5.41, 5.74) is 8.30. The molecular formula is C20H28N4O3. The van der Waals surface area contributed by atoms with E-state index in [0.29, 0.717) is 37.5 Å². The second-order valence-corrected chi connectivity index (χ2v) is 8.02. The van der Waals surface area contributed by atoms with E-state index in [1.807, 2.05) is 18.2 Å². The van der Waals surface area contributed by atoms with Crippen LogP contribution in [0.4, 0.5) is 0 Å². The zero-order chi connectivity index (χ0) is 19.8. The van der Waals surface area contributed by atoms with Gasteiger partial charge in [-0.3, -0.25) is 19.7 Å². The molecule has 3 rings (SSSR count). The van der Waals surface area contributed by atoms with E-state index in [2.05, 4.69) is 31.4 Å². The fourth-order valence-corrected chi connectivity index (χ4v) is 3.53. The fourth-order valence-electron chi connectivity index (χ4n) is 3.53. The zero-order valence-electron chi connectivity index (χ0n) is 16.2. The van der Waals surface area contributed by atoms with E-state index < -0.39 is 6.04 Å². The molecule has 2 unspecified atom stereocenters. The minimum atomic E-state index is -0.578. The molecule has 0 radical (unpaired) electrons. The first-order chi connectivity index (χ1) is 12.7. The Labute approximate surface area is 159 Å². The van der Waals surface area contributed by atoms with Crippen LogP contribution in [-0.4, -0.2) is 40.7 Å². The summed E-state index contributed by atoms with van der Waals surface area (Å²) >= 11 is 0. The lowest BCUT2D eigenvalue weighted by molar-refractivity contribution is -0.136. The number of amides is 3. The zero-order valence-corrected chi connectivity index (χ0v) is 16.2. The summed E-state index contributed by atoms with van der Waals surface area (Å²) < 4.78 is 0. The van der Waals surface area contributed by atoms with E-state index >= 15 is 0 Å². The molecule has 7 nitrogen and oxygen atoms in total. The highest BCUT2D eigenvalue weighted by atomic mass is 16.2. The predicted molar refractivity (Wildman–Crippen MR) is 102 cm³/mol. The molecule has 2 aliphatic heterocycles. The van der Waals surface area contributed by atoms with Crippen molar-refractivity contribution in [2.24, 2.45) is 11.7 Å². The highest BCUT2D eigenvalue weighted by Gasteiger charge is 2.39. The van der Waals surface area contributed by atoms with Crippen LogP contribution < -0.4 is 16.4 Å². The first kappa shape index (κ1) is 19.5. The molecule has 2 atom stereocenters. The molecule has 2 heterocycles. The predicted octanol–water partition coefficient (Wildman–Crippen LogP) is 0.911. The summed E-state index contributed by atoms with van der Waals surface area (Å²) in [5.74, 6) is -0.430. The molecule has 1 saturated heterocycles. The number of hydrogen-bond donors (Lipinski definition) is 3. The summed E-state index contributed by atoms with van der Waals surface area (Å²) in [7, 11) is 0. The second kappa shape index (κ2) is 7.40. The number of fused-ring (bicyclic) bond motifs is 1. The van der Waals surface area contributed by atoms with E-state index in [-0.39, 0.29) is 29.7 Å². The Morgan fingerprint density at radius 1 is 1.33 bits per heavy atom. The second-order valence-electron chi connectivity index (χ2n) is 8.02. The number of imide groups is 1. The molecule has 4 N–H and O–H groups in total. The molecular weight excluding hydrogens is 344 g/mol. The lowest BCUT2D eigenvalue weighted by atomic mass is 9.88. The quantitative estimate of drug-likeness (QED) is 0.644. The van der Waals surface area contributed by atoms with Gasteiger partial charge in [0, 0.05) is 37.2 Å². The summed E-state index contributed by atoms with van der Waals surface area (Å²) in [6.45, 7) is 7.90. The van der Waals surface area contributed by atoms with Crippen LogP contribution in [0.5, 0.6) is 0 Å². The van der Waals surface area contributed by atoms with Gasteiger partial charge in [-0.1, -0.05) is 26.0 Å². The Kier molecular flexibility index (Phi) is 5.35. The van der Waals surface area contributed by atoms with Crippen LogP contribution in [0, 0.1) is 5.92 Å². The fraction of sp³-hybridized carbons (Fsp3) is 0.550. The van der Waals surface area contributed by atoms with Crippen molar-refractivity contribution < 1.29 is 14.4 Å². The third-order valence-electron chi connectivity index (χ3n) is 5.99. The number of nitrogens with two attached hydrogens (primary N) is 1. The average molecular weight is 372 g/mol. The third-order valence-corrected chi connectivity index (χ3v) is 5.99. The molecule has 146 valence electrons. The van der Waals surface area contributed by atoms with Crippen LogP contribution in [0.25, 0.3) is 0 Å². The van der Waals surface area contributed by atoms with E-state index in [9.17, 15) is 14.4 Å². The highest BCUT2D eigenvalue weighted by Crippen LogP contribution is 2.28. The maximum atomic E-state index is 12.9. The van der Waals surface area contributed by atoms with Crippen molar-refractivity contribution in [3.63, 3.8) is 0 Å². The van der Waals surface area contributed by atoms with Gasteiger partial charge in [0.1, 0.15) is 6.04 Å². The van der Waals surface area contributed by atoms with Crippen LogP contribution in [0.2, 0.25) is 0 Å². The molecule has 0 spiro atoms. The maximum absolute atomic E-state index is 12.9. The number of carbonyl (C=O) groups excluding carboxylic acids is 3. The summed E-state index contributed by atoms with van der Waals surface area (Å²) in [4.78, 5) is 37.9. The number of nitrogens with zero attached hydrogens (tertiary/aromatic N) is 1. The van der Waals surface area contributed by atoms with Crippen LogP contribution in [0.3, 0.4) is 0 Å². The minimum absolute atomic E-state index is 0.146. The Balaban J connectivity index is 1.73. The molecule has 1 fully saturated rings. The molecule has 27 heavy (non-hydrogen) atoms. The van der Waals surface area contributed by atoms with E-state index in [4.69, 9.17) is 5.73 Å². The van der Waals surface area contributed by atoms with Gasteiger partial charge in [0.15, 0.2) is 0 Å². The highest BCUT2D eigenvalue weighted by molar-refractivity contribution is 6.05. The topological polar surface area (TPSA) is 105 Å². The third kappa shape index (κ3) is 3.75. The van der Waals surface area contributed by atoms with Crippen molar-refractivity contribution in [1.82, 2.24) is 15.5 Å². The van der Waals surface area contributed by atoms with E-state index in [1.54, 1.807) is 4.90 Å². The smallest absolute Gasteiger partial charge is 0.255 e. The van der Waals surface area contributed by atoms with Gasteiger partial charge in [-0.05, 0) is 36.5 Å². The summed E-state index contributed by atoms with van der Waals surface area (Å²) in [6, 6.07) is 5.27. The van der Waals surface area contributed by atoms with E-state index in [1.165, 1.54) is 0 Å². The molecule has 0 aromatic heterocycles. The molecule has 7 heteroatoms. The average Bonchev–Trinajstić information content (AvgIpc) is 2.95. The minimum Gasteiger partial charge on any atom is -0.329 e. The molecule has 3 amide bonds. The Bertz CT molecular complexity index is 776. The van der Waals surface area contributed by atoms with Crippen LogP contribution in [-0.2, 0) is 22.7 Å². The molecule has 1 aromatic carbocycles. The first-order valence-corrected chi connectivity index (χ1v) is 9.46. The Morgan fingerprint density at radius 3 is 2.70 bits per heavy atom. The van der Waals surface area contributed by atoms with Crippen molar-refractivity contribution in [3.05, 3.63) is 34.9 Å². The van der Waals surface area contributed by atoms with Gasteiger partial charge < -0.3 is 16.0 Å². The number of rotatable bonds is 6. The van der Waals surface area contributed by atoms with Crippen molar-refractivity contribution in [2.75, 3.05) is 6.54 Å². The van der Waals surface area contributed by atoms with Gasteiger partial charge in [0.05, 0.1) is 0 Å². The lowest BCUT2D eigenvalue weighted by Gasteiger charge is -2.34. The summed E-state index contributed by atoms with van der Waals surface area (Å²) in [6.07, 6.45) is 0.640. The molecule has 2 aliphatic rings. The van der Waals surface area contributed by atoms with Gasteiger partial charge >= 0.3 is 0 Å². The van der Waals surface area contributed by atoms with Crippen molar-refractivity contribution in [3.8, 4) is 0 Å². The molecule has 1 aromatic rings.